The highest BCUT2D eigenvalue weighted by atomic mass is 16.4. The van der Waals surface area contributed by atoms with Crippen molar-refractivity contribution in [3.8, 4) is 0 Å². The highest BCUT2D eigenvalue weighted by Gasteiger charge is 2.31. The molecular formula is C15H16N2O3. The van der Waals surface area contributed by atoms with Gasteiger partial charge in [-0.15, -0.1) is 0 Å². The van der Waals surface area contributed by atoms with Gasteiger partial charge in [0.15, 0.2) is 5.69 Å². The number of carboxylic acids is 1. The summed E-state index contributed by atoms with van der Waals surface area (Å²) in [5.41, 5.74) is 0.0438. The van der Waals surface area contributed by atoms with Crippen molar-refractivity contribution in [1.82, 2.24) is 4.98 Å². The van der Waals surface area contributed by atoms with Crippen LogP contribution in [0.25, 0.3) is 10.8 Å². The summed E-state index contributed by atoms with van der Waals surface area (Å²) in [7, 11) is 0. The Bertz CT molecular complexity index is 653. The zero-order valence-electron chi connectivity index (χ0n) is 11.0. The van der Waals surface area contributed by atoms with Gasteiger partial charge >= 0.3 is 5.97 Å². The number of benzene rings is 1. The van der Waals surface area contributed by atoms with Crippen LogP contribution in [0.1, 0.15) is 23.3 Å². The molecule has 0 spiro atoms. The standard InChI is InChI=1S/C15H16N2O3/c18-8-7-17(11-5-6-11)14-12-4-2-1-3-10(12)9-13(16-14)15(19)20/h1-4,9,11,18H,5-8H2,(H,19,20). The van der Waals surface area contributed by atoms with Crippen LogP contribution in [-0.2, 0) is 0 Å². The van der Waals surface area contributed by atoms with Crippen molar-refractivity contribution in [3.63, 3.8) is 0 Å². The third-order valence-electron chi connectivity index (χ3n) is 3.54. The van der Waals surface area contributed by atoms with Crippen LogP contribution in [0.2, 0.25) is 0 Å². The first kappa shape index (κ1) is 12.9. The summed E-state index contributed by atoms with van der Waals surface area (Å²) in [5.74, 6) is -0.367. The molecule has 1 aromatic heterocycles. The van der Waals surface area contributed by atoms with Gasteiger partial charge in [0.05, 0.1) is 6.61 Å². The fourth-order valence-corrected chi connectivity index (χ4v) is 2.46. The van der Waals surface area contributed by atoms with Gasteiger partial charge in [0.2, 0.25) is 0 Å². The van der Waals surface area contributed by atoms with Crippen molar-refractivity contribution in [2.24, 2.45) is 0 Å². The maximum Gasteiger partial charge on any atom is 0.354 e. The van der Waals surface area contributed by atoms with E-state index >= 15 is 0 Å². The Kier molecular flexibility index (Phi) is 3.28. The predicted molar refractivity (Wildman–Crippen MR) is 76.2 cm³/mol. The number of hydrogen-bond acceptors (Lipinski definition) is 4. The average molecular weight is 272 g/mol. The summed E-state index contributed by atoms with van der Waals surface area (Å²) in [4.78, 5) is 17.6. The Labute approximate surface area is 116 Å². The highest BCUT2D eigenvalue weighted by Crippen LogP contribution is 2.34. The molecule has 0 amide bonds. The molecule has 0 saturated heterocycles. The van der Waals surface area contributed by atoms with Gasteiger partial charge in [-0.25, -0.2) is 9.78 Å². The summed E-state index contributed by atoms with van der Waals surface area (Å²) < 4.78 is 0. The minimum atomic E-state index is -1.03. The third kappa shape index (κ3) is 2.32. The SMILES string of the molecule is O=C(O)c1cc2ccccc2c(N(CCO)C2CC2)n1. The Balaban J connectivity index is 2.17. The lowest BCUT2D eigenvalue weighted by Gasteiger charge is -2.24. The summed E-state index contributed by atoms with van der Waals surface area (Å²) in [6, 6.07) is 9.57. The molecule has 1 aliphatic rings. The fraction of sp³-hybridized carbons (Fsp3) is 0.333. The first-order valence-corrected chi connectivity index (χ1v) is 6.71. The maximum absolute atomic E-state index is 11.2. The monoisotopic (exact) mass is 272 g/mol. The Morgan fingerprint density at radius 2 is 2.10 bits per heavy atom. The molecule has 0 atom stereocenters. The fourth-order valence-electron chi connectivity index (χ4n) is 2.46. The van der Waals surface area contributed by atoms with Crippen LogP contribution in [-0.4, -0.2) is 40.4 Å². The first-order valence-electron chi connectivity index (χ1n) is 6.71. The van der Waals surface area contributed by atoms with Crippen molar-refractivity contribution in [2.75, 3.05) is 18.1 Å². The Morgan fingerprint density at radius 1 is 1.35 bits per heavy atom. The molecule has 104 valence electrons. The molecule has 2 aromatic rings. The van der Waals surface area contributed by atoms with Gasteiger partial charge in [-0.2, -0.15) is 0 Å². The minimum absolute atomic E-state index is 0.0316. The topological polar surface area (TPSA) is 73.7 Å². The Hall–Kier alpha value is -2.14. The van der Waals surface area contributed by atoms with Gasteiger partial charge in [0, 0.05) is 18.0 Å². The number of aromatic nitrogens is 1. The van der Waals surface area contributed by atoms with E-state index in [1.807, 2.05) is 29.2 Å². The van der Waals surface area contributed by atoms with Crippen molar-refractivity contribution >= 4 is 22.6 Å². The van der Waals surface area contributed by atoms with E-state index < -0.39 is 5.97 Å². The molecule has 0 bridgehead atoms. The molecule has 1 aliphatic carbocycles. The predicted octanol–water partition coefficient (Wildman–Crippen LogP) is 1.89. The summed E-state index contributed by atoms with van der Waals surface area (Å²) in [5, 5.41) is 20.2. The van der Waals surface area contributed by atoms with Gasteiger partial charge in [0.25, 0.3) is 0 Å². The molecule has 1 fully saturated rings. The van der Waals surface area contributed by atoms with E-state index in [4.69, 9.17) is 0 Å². The van der Waals surface area contributed by atoms with E-state index in [-0.39, 0.29) is 12.3 Å². The zero-order valence-corrected chi connectivity index (χ0v) is 11.0. The second kappa shape index (κ2) is 5.09. The molecule has 20 heavy (non-hydrogen) atoms. The number of aliphatic hydroxyl groups is 1. The van der Waals surface area contributed by atoms with Crippen molar-refractivity contribution in [1.29, 1.82) is 0 Å². The second-order valence-corrected chi connectivity index (χ2v) is 5.01. The van der Waals surface area contributed by atoms with Crippen molar-refractivity contribution in [2.45, 2.75) is 18.9 Å². The van der Waals surface area contributed by atoms with Crippen LogP contribution in [0.3, 0.4) is 0 Å². The van der Waals surface area contributed by atoms with Crippen LogP contribution in [0.4, 0.5) is 5.82 Å². The summed E-state index contributed by atoms with van der Waals surface area (Å²) >= 11 is 0. The smallest absolute Gasteiger partial charge is 0.354 e. The number of nitrogens with zero attached hydrogens (tertiary/aromatic N) is 2. The highest BCUT2D eigenvalue weighted by molar-refractivity contribution is 5.98. The number of anilines is 1. The molecular weight excluding hydrogens is 256 g/mol. The van der Waals surface area contributed by atoms with E-state index in [0.717, 1.165) is 23.6 Å². The van der Waals surface area contributed by atoms with Gasteiger partial charge in [-0.1, -0.05) is 24.3 Å². The molecule has 0 radical (unpaired) electrons. The lowest BCUT2D eigenvalue weighted by Crippen LogP contribution is -2.30. The van der Waals surface area contributed by atoms with Gasteiger partial charge in [0.1, 0.15) is 5.82 Å². The first-order chi connectivity index (χ1) is 9.70. The van der Waals surface area contributed by atoms with Gasteiger partial charge in [-0.3, -0.25) is 0 Å². The van der Waals surface area contributed by atoms with Crippen molar-refractivity contribution < 1.29 is 15.0 Å². The number of rotatable bonds is 5. The lowest BCUT2D eigenvalue weighted by atomic mass is 10.1. The van der Waals surface area contributed by atoms with Crippen LogP contribution in [0.5, 0.6) is 0 Å². The summed E-state index contributed by atoms with van der Waals surface area (Å²) in [6.45, 7) is 0.508. The number of aliphatic hydroxyl groups excluding tert-OH is 1. The largest absolute Gasteiger partial charge is 0.477 e. The number of aromatic carboxylic acids is 1. The summed E-state index contributed by atoms with van der Waals surface area (Å²) in [6.07, 6.45) is 2.13. The van der Waals surface area contributed by atoms with Crippen LogP contribution < -0.4 is 4.90 Å². The molecule has 5 nitrogen and oxygen atoms in total. The van der Waals surface area contributed by atoms with E-state index in [1.54, 1.807) is 6.07 Å². The number of hydrogen-bond donors (Lipinski definition) is 2. The van der Waals surface area contributed by atoms with E-state index in [0.29, 0.717) is 18.4 Å². The van der Waals surface area contributed by atoms with E-state index in [1.165, 1.54) is 0 Å². The minimum Gasteiger partial charge on any atom is -0.477 e. The molecule has 1 saturated carbocycles. The number of carbonyl (C=O) groups is 1. The molecule has 0 unspecified atom stereocenters. The molecule has 1 heterocycles. The number of fused-ring (bicyclic) bond motifs is 1. The van der Waals surface area contributed by atoms with Crippen LogP contribution in [0.15, 0.2) is 30.3 Å². The molecule has 2 N–H and O–H groups in total. The molecule has 3 rings (SSSR count). The Morgan fingerprint density at radius 3 is 2.75 bits per heavy atom. The van der Waals surface area contributed by atoms with Crippen molar-refractivity contribution in [3.05, 3.63) is 36.0 Å². The molecule has 0 aliphatic heterocycles. The number of pyridine rings is 1. The van der Waals surface area contributed by atoms with Gasteiger partial charge in [-0.05, 0) is 24.3 Å². The zero-order chi connectivity index (χ0) is 14.1. The van der Waals surface area contributed by atoms with E-state index in [9.17, 15) is 15.0 Å². The number of carboxylic acid groups (broad SMARTS) is 1. The van der Waals surface area contributed by atoms with Gasteiger partial charge < -0.3 is 15.1 Å². The normalized spacial score (nSPS) is 14.4. The average Bonchev–Trinajstić information content (AvgIpc) is 3.28. The third-order valence-corrected chi connectivity index (χ3v) is 3.54. The quantitative estimate of drug-likeness (QED) is 0.869. The maximum atomic E-state index is 11.2. The second-order valence-electron chi connectivity index (χ2n) is 5.01. The van der Waals surface area contributed by atoms with Crippen LogP contribution in [0, 0.1) is 0 Å². The molecule has 5 heteroatoms. The van der Waals surface area contributed by atoms with Crippen LogP contribution >= 0.6 is 0 Å². The molecule has 1 aromatic carbocycles. The lowest BCUT2D eigenvalue weighted by molar-refractivity contribution is 0.0691. The van der Waals surface area contributed by atoms with E-state index in [2.05, 4.69) is 4.98 Å².